The molecule has 8 nitrogen and oxygen atoms in total. The molecule has 2 amide bonds. The van der Waals surface area contributed by atoms with Gasteiger partial charge in [0.15, 0.2) is 0 Å². The highest BCUT2D eigenvalue weighted by Gasteiger charge is 2.28. The maximum atomic E-state index is 12.9. The summed E-state index contributed by atoms with van der Waals surface area (Å²) in [5.41, 5.74) is 0.821. The van der Waals surface area contributed by atoms with E-state index in [9.17, 15) is 27.5 Å². The summed E-state index contributed by atoms with van der Waals surface area (Å²) in [6.45, 7) is 0.593. The van der Waals surface area contributed by atoms with E-state index >= 15 is 0 Å². The zero-order valence-corrected chi connectivity index (χ0v) is 16.9. The molecule has 160 valence electrons. The summed E-state index contributed by atoms with van der Waals surface area (Å²) >= 11 is 0. The van der Waals surface area contributed by atoms with Crippen LogP contribution < -0.4 is 14.9 Å². The standard InChI is InChI=1S/C20H22FN3O5S/c21-15-6-4-14(5-7-15)20(27)22-10-1-3-19(26)23-17-13-16(8-9-18(17)25)24-11-2-12-30(24,28)29/h4-9,13,25H,1-3,10-12H2,(H,22,27)(H,23,26). The van der Waals surface area contributed by atoms with E-state index in [4.69, 9.17) is 0 Å². The summed E-state index contributed by atoms with van der Waals surface area (Å²) in [5.74, 6) is -1.29. The molecule has 0 radical (unpaired) electrons. The Balaban J connectivity index is 1.50. The number of carbonyl (C=O) groups excluding carboxylic acids is 2. The number of hydrogen-bond donors (Lipinski definition) is 3. The first-order valence-corrected chi connectivity index (χ1v) is 11.0. The van der Waals surface area contributed by atoms with Gasteiger partial charge < -0.3 is 15.7 Å². The van der Waals surface area contributed by atoms with Crippen molar-refractivity contribution < 1.29 is 27.5 Å². The fourth-order valence-electron chi connectivity index (χ4n) is 3.08. The van der Waals surface area contributed by atoms with E-state index in [2.05, 4.69) is 10.6 Å². The van der Waals surface area contributed by atoms with E-state index in [0.29, 0.717) is 30.6 Å². The number of halogens is 1. The van der Waals surface area contributed by atoms with Gasteiger partial charge in [-0.2, -0.15) is 0 Å². The first-order chi connectivity index (χ1) is 14.3. The Morgan fingerprint density at radius 1 is 1.13 bits per heavy atom. The number of carbonyl (C=O) groups is 2. The number of hydrogen-bond acceptors (Lipinski definition) is 5. The number of benzene rings is 2. The molecule has 10 heteroatoms. The maximum absolute atomic E-state index is 12.9. The smallest absolute Gasteiger partial charge is 0.251 e. The van der Waals surface area contributed by atoms with Gasteiger partial charge >= 0.3 is 0 Å². The summed E-state index contributed by atoms with van der Waals surface area (Å²) in [4.78, 5) is 24.1. The second-order valence-corrected chi connectivity index (χ2v) is 8.87. The number of nitrogens with one attached hydrogen (secondary N) is 2. The summed E-state index contributed by atoms with van der Waals surface area (Å²) in [6.07, 6.45) is 0.948. The van der Waals surface area contributed by atoms with Gasteiger partial charge in [0, 0.05) is 25.1 Å². The fourth-order valence-corrected chi connectivity index (χ4v) is 4.63. The van der Waals surface area contributed by atoms with Crippen LogP contribution in [0.15, 0.2) is 42.5 Å². The van der Waals surface area contributed by atoms with Gasteiger partial charge in [0.1, 0.15) is 11.6 Å². The molecule has 3 N–H and O–H groups in total. The van der Waals surface area contributed by atoms with Gasteiger partial charge in [0.05, 0.1) is 17.1 Å². The molecule has 1 fully saturated rings. The third-order valence-electron chi connectivity index (χ3n) is 4.61. The SMILES string of the molecule is O=C(CCCNC(=O)c1ccc(F)cc1)Nc1cc(N2CCCS2(=O)=O)ccc1O. The predicted octanol–water partition coefficient (Wildman–Crippen LogP) is 2.22. The number of phenols is 1. The van der Waals surface area contributed by atoms with Crippen LogP contribution in [0.2, 0.25) is 0 Å². The number of aromatic hydroxyl groups is 1. The van der Waals surface area contributed by atoms with Gasteiger partial charge in [-0.1, -0.05) is 0 Å². The molecule has 30 heavy (non-hydrogen) atoms. The van der Waals surface area contributed by atoms with Crippen molar-refractivity contribution in [3.05, 3.63) is 53.8 Å². The molecular formula is C20H22FN3O5S. The highest BCUT2D eigenvalue weighted by atomic mass is 32.2. The number of anilines is 2. The zero-order chi connectivity index (χ0) is 21.7. The lowest BCUT2D eigenvalue weighted by molar-refractivity contribution is -0.116. The van der Waals surface area contributed by atoms with Gasteiger partial charge in [-0.25, -0.2) is 12.8 Å². The lowest BCUT2D eigenvalue weighted by atomic mass is 10.2. The van der Waals surface area contributed by atoms with Gasteiger partial charge in [0.2, 0.25) is 15.9 Å². The minimum absolute atomic E-state index is 0.0687. The van der Waals surface area contributed by atoms with Crippen LogP contribution in [0.4, 0.5) is 15.8 Å². The molecule has 1 aliphatic rings. The molecule has 0 bridgehead atoms. The summed E-state index contributed by atoms with van der Waals surface area (Å²) in [7, 11) is -3.37. The van der Waals surface area contributed by atoms with Crippen LogP contribution in [0.3, 0.4) is 0 Å². The minimum Gasteiger partial charge on any atom is -0.506 e. The van der Waals surface area contributed by atoms with Crippen LogP contribution in [-0.2, 0) is 14.8 Å². The van der Waals surface area contributed by atoms with E-state index in [-0.39, 0.29) is 42.0 Å². The second-order valence-electron chi connectivity index (χ2n) is 6.86. The molecule has 0 atom stereocenters. The number of nitrogens with zero attached hydrogens (tertiary/aromatic N) is 1. The summed E-state index contributed by atoms with van der Waals surface area (Å²) in [5, 5.41) is 15.2. The Labute approximate surface area is 173 Å². The van der Waals surface area contributed by atoms with E-state index in [1.54, 1.807) is 0 Å². The number of phenolic OH excluding ortho intramolecular Hbond substituents is 1. The van der Waals surface area contributed by atoms with Crippen molar-refractivity contribution in [1.82, 2.24) is 5.32 Å². The predicted molar refractivity (Wildman–Crippen MR) is 110 cm³/mol. The number of rotatable bonds is 7. The van der Waals surface area contributed by atoms with Crippen molar-refractivity contribution >= 4 is 33.2 Å². The van der Waals surface area contributed by atoms with Crippen LogP contribution in [-0.4, -0.2) is 44.2 Å². The Morgan fingerprint density at radius 2 is 1.87 bits per heavy atom. The molecule has 2 aromatic carbocycles. The third kappa shape index (κ3) is 5.26. The Kier molecular flexibility index (Phi) is 6.56. The number of sulfonamides is 1. The average molecular weight is 435 g/mol. The maximum Gasteiger partial charge on any atom is 0.251 e. The van der Waals surface area contributed by atoms with Gasteiger partial charge in [-0.3, -0.25) is 13.9 Å². The van der Waals surface area contributed by atoms with Crippen molar-refractivity contribution in [2.45, 2.75) is 19.3 Å². The molecular weight excluding hydrogens is 413 g/mol. The first kappa shape index (κ1) is 21.6. The molecule has 0 aliphatic carbocycles. The lowest BCUT2D eigenvalue weighted by Crippen LogP contribution is -2.26. The van der Waals surface area contributed by atoms with Crippen molar-refractivity contribution in [3.63, 3.8) is 0 Å². The third-order valence-corrected chi connectivity index (χ3v) is 6.48. The van der Waals surface area contributed by atoms with E-state index in [1.807, 2.05) is 0 Å². The van der Waals surface area contributed by atoms with Crippen molar-refractivity contribution in [2.24, 2.45) is 0 Å². The molecule has 0 unspecified atom stereocenters. The fraction of sp³-hybridized carbons (Fsp3) is 0.300. The van der Waals surface area contributed by atoms with Crippen LogP contribution in [0.5, 0.6) is 5.75 Å². The summed E-state index contributed by atoms with van der Waals surface area (Å²) in [6, 6.07) is 9.36. The topological polar surface area (TPSA) is 116 Å². The molecule has 0 spiro atoms. The molecule has 0 aromatic heterocycles. The Morgan fingerprint density at radius 3 is 2.53 bits per heavy atom. The average Bonchev–Trinajstić information content (AvgIpc) is 3.06. The normalized spacial score (nSPS) is 15.0. The quantitative estimate of drug-likeness (QED) is 0.456. The molecule has 2 aromatic rings. The summed E-state index contributed by atoms with van der Waals surface area (Å²) < 4.78 is 38.2. The van der Waals surface area contributed by atoms with E-state index in [0.717, 1.165) is 0 Å². The number of amides is 2. The van der Waals surface area contributed by atoms with Gasteiger partial charge in [-0.05, 0) is 55.3 Å². The largest absolute Gasteiger partial charge is 0.506 e. The highest BCUT2D eigenvalue weighted by Crippen LogP contribution is 2.32. The zero-order valence-electron chi connectivity index (χ0n) is 16.1. The Hall–Kier alpha value is -3.14. The van der Waals surface area contributed by atoms with E-state index in [1.165, 1.54) is 46.8 Å². The molecule has 1 heterocycles. The molecule has 1 saturated heterocycles. The van der Waals surface area contributed by atoms with Crippen LogP contribution >= 0.6 is 0 Å². The van der Waals surface area contributed by atoms with Crippen LogP contribution in [0.1, 0.15) is 29.6 Å². The molecule has 3 rings (SSSR count). The Bertz CT molecular complexity index is 1040. The highest BCUT2D eigenvalue weighted by molar-refractivity contribution is 7.93. The van der Waals surface area contributed by atoms with Crippen molar-refractivity contribution in [3.8, 4) is 5.75 Å². The molecule has 1 aliphatic heterocycles. The lowest BCUT2D eigenvalue weighted by Gasteiger charge is -2.18. The second kappa shape index (κ2) is 9.12. The minimum atomic E-state index is -3.37. The molecule has 0 saturated carbocycles. The van der Waals surface area contributed by atoms with Crippen molar-refractivity contribution in [1.29, 1.82) is 0 Å². The van der Waals surface area contributed by atoms with E-state index < -0.39 is 15.8 Å². The monoisotopic (exact) mass is 435 g/mol. The van der Waals surface area contributed by atoms with Gasteiger partial charge in [0.25, 0.3) is 5.91 Å². The van der Waals surface area contributed by atoms with Crippen LogP contribution in [0.25, 0.3) is 0 Å². The van der Waals surface area contributed by atoms with Gasteiger partial charge in [-0.15, -0.1) is 0 Å². The van der Waals surface area contributed by atoms with Crippen LogP contribution in [0, 0.1) is 5.82 Å². The first-order valence-electron chi connectivity index (χ1n) is 9.43. The van der Waals surface area contributed by atoms with Crippen molar-refractivity contribution in [2.75, 3.05) is 28.5 Å².